The van der Waals surface area contributed by atoms with Gasteiger partial charge in [-0.3, -0.25) is 0 Å². The van der Waals surface area contributed by atoms with Crippen molar-refractivity contribution in [3.05, 3.63) is 71.4 Å². The third-order valence-electron chi connectivity index (χ3n) is 4.33. The highest BCUT2D eigenvalue weighted by Gasteiger charge is 2.27. The van der Waals surface area contributed by atoms with Crippen molar-refractivity contribution in [2.24, 2.45) is 0 Å². The molecule has 0 saturated heterocycles. The van der Waals surface area contributed by atoms with E-state index in [2.05, 4.69) is 17.2 Å². The Balaban J connectivity index is 2.06. The third kappa shape index (κ3) is 2.23. The number of para-hydroxylation sites is 1. The average molecular weight is 304 g/mol. The molecule has 0 aliphatic heterocycles. The van der Waals surface area contributed by atoms with Crippen LogP contribution in [0, 0.1) is 0 Å². The molecule has 4 nitrogen and oxygen atoms in total. The van der Waals surface area contributed by atoms with Crippen LogP contribution in [-0.4, -0.2) is 20.9 Å². The molecule has 114 valence electrons. The number of carboxylic acid groups (broad SMARTS) is 1. The number of hydrogen-bond donors (Lipinski definition) is 1. The van der Waals surface area contributed by atoms with Gasteiger partial charge in [-0.1, -0.05) is 42.5 Å². The van der Waals surface area contributed by atoms with Crippen LogP contribution in [0.25, 0.3) is 16.9 Å². The second kappa shape index (κ2) is 5.39. The van der Waals surface area contributed by atoms with E-state index >= 15 is 0 Å². The molecule has 0 radical (unpaired) electrons. The summed E-state index contributed by atoms with van der Waals surface area (Å²) in [6, 6.07) is 17.9. The van der Waals surface area contributed by atoms with E-state index < -0.39 is 5.97 Å². The number of fused-ring (bicyclic) bond motifs is 3. The number of benzene rings is 2. The summed E-state index contributed by atoms with van der Waals surface area (Å²) in [6.07, 6.45) is 2.63. The predicted octanol–water partition coefficient (Wildman–Crippen LogP) is 3.73. The number of carbonyl (C=O) groups is 1. The molecule has 2 aromatic carbocycles. The number of aryl methyl sites for hydroxylation is 1. The lowest BCUT2D eigenvalue weighted by molar-refractivity contribution is 0.0689. The van der Waals surface area contributed by atoms with E-state index in [1.807, 2.05) is 42.5 Å². The van der Waals surface area contributed by atoms with Gasteiger partial charge >= 0.3 is 5.97 Å². The summed E-state index contributed by atoms with van der Waals surface area (Å²) in [5.41, 5.74) is 5.14. The van der Waals surface area contributed by atoms with E-state index in [-0.39, 0.29) is 5.69 Å². The van der Waals surface area contributed by atoms with Gasteiger partial charge in [-0.25, -0.2) is 9.48 Å². The molecule has 0 atom stereocenters. The van der Waals surface area contributed by atoms with Crippen LogP contribution in [0.1, 0.15) is 28.0 Å². The number of hydrogen-bond acceptors (Lipinski definition) is 2. The zero-order valence-electron chi connectivity index (χ0n) is 12.6. The predicted molar refractivity (Wildman–Crippen MR) is 88.0 cm³/mol. The molecule has 0 fully saturated rings. The SMILES string of the molecule is O=C(O)c1nn(-c2ccccc2)c2c1CCCc1ccccc1-2. The summed E-state index contributed by atoms with van der Waals surface area (Å²) in [5, 5.41) is 14.0. The first-order valence-corrected chi connectivity index (χ1v) is 7.74. The molecule has 1 N–H and O–H groups in total. The lowest BCUT2D eigenvalue weighted by Gasteiger charge is -2.11. The van der Waals surface area contributed by atoms with Crippen LogP contribution < -0.4 is 0 Å². The molecule has 1 aromatic heterocycles. The molecule has 4 heteroatoms. The Bertz CT molecular complexity index is 882. The summed E-state index contributed by atoms with van der Waals surface area (Å²) in [7, 11) is 0. The Morgan fingerprint density at radius 1 is 1.00 bits per heavy atom. The lowest BCUT2D eigenvalue weighted by Crippen LogP contribution is -2.03. The molecule has 0 spiro atoms. The largest absolute Gasteiger partial charge is 0.476 e. The highest BCUT2D eigenvalue weighted by atomic mass is 16.4. The van der Waals surface area contributed by atoms with Gasteiger partial charge in [0.05, 0.1) is 11.4 Å². The maximum atomic E-state index is 11.7. The molecular formula is C19H16N2O2. The molecule has 1 aliphatic carbocycles. The molecule has 0 bridgehead atoms. The zero-order valence-corrected chi connectivity index (χ0v) is 12.6. The lowest BCUT2D eigenvalue weighted by atomic mass is 10.0. The molecule has 1 heterocycles. The maximum Gasteiger partial charge on any atom is 0.356 e. The Kier molecular flexibility index (Phi) is 3.23. The maximum absolute atomic E-state index is 11.7. The van der Waals surface area contributed by atoms with Gasteiger partial charge in [0.25, 0.3) is 0 Å². The molecule has 0 unspecified atom stereocenters. The summed E-state index contributed by atoms with van der Waals surface area (Å²) in [6.45, 7) is 0. The van der Waals surface area contributed by atoms with Crippen LogP contribution in [0.4, 0.5) is 0 Å². The monoisotopic (exact) mass is 304 g/mol. The Hall–Kier alpha value is -2.88. The van der Waals surface area contributed by atoms with E-state index in [0.29, 0.717) is 0 Å². The molecular weight excluding hydrogens is 288 g/mol. The standard InChI is InChI=1S/C19H16N2O2/c22-19(23)17-16-12-6-8-13-7-4-5-11-15(13)18(16)21(20-17)14-9-2-1-3-10-14/h1-5,7,9-11H,6,8,12H2,(H,22,23). The first kappa shape index (κ1) is 13.8. The van der Waals surface area contributed by atoms with E-state index in [0.717, 1.165) is 41.8 Å². The minimum Gasteiger partial charge on any atom is -0.476 e. The minimum atomic E-state index is -0.963. The summed E-state index contributed by atoms with van der Waals surface area (Å²) in [4.78, 5) is 11.7. The summed E-state index contributed by atoms with van der Waals surface area (Å²) in [5.74, 6) is -0.963. The quantitative estimate of drug-likeness (QED) is 0.785. The van der Waals surface area contributed by atoms with E-state index in [1.54, 1.807) is 4.68 Å². The van der Waals surface area contributed by atoms with Crippen molar-refractivity contribution in [2.75, 3.05) is 0 Å². The normalized spacial score (nSPS) is 13.0. The molecule has 23 heavy (non-hydrogen) atoms. The molecule has 1 aliphatic rings. The number of rotatable bonds is 2. The van der Waals surface area contributed by atoms with Gasteiger partial charge in [0, 0.05) is 11.1 Å². The number of carboxylic acids is 1. The van der Waals surface area contributed by atoms with Gasteiger partial charge in [0.15, 0.2) is 5.69 Å². The molecule has 4 rings (SSSR count). The van der Waals surface area contributed by atoms with Crippen LogP contribution in [-0.2, 0) is 12.8 Å². The topological polar surface area (TPSA) is 55.1 Å². The van der Waals surface area contributed by atoms with Crippen molar-refractivity contribution < 1.29 is 9.90 Å². The minimum absolute atomic E-state index is 0.167. The Labute approximate surface area is 134 Å². The first-order valence-electron chi connectivity index (χ1n) is 7.74. The van der Waals surface area contributed by atoms with Crippen LogP contribution in [0.15, 0.2) is 54.6 Å². The van der Waals surface area contributed by atoms with Gasteiger partial charge in [-0.15, -0.1) is 0 Å². The van der Waals surface area contributed by atoms with Gasteiger partial charge in [-0.05, 0) is 37.0 Å². The fourth-order valence-corrected chi connectivity index (χ4v) is 3.32. The molecule has 3 aromatic rings. The highest BCUT2D eigenvalue weighted by Crippen LogP contribution is 2.35. The van der Waals surface area contributed by atoms with Crippen LogP contribution in [0.5, 0.6) is 0 Å². The van der Waals surface area contributed by atoms with Crippen molar-refractivity contribution in [2.45, 2.75) is 19.3 Å². The van der Waals surface area contributed by atoms with Gasteiger partial charge in [0.2, 0.25) is 0 Å². The van der Waals surface area contributed by atoms with Gasteiger partial charge in [-0.2, -0.15) is 5.10 Å². The fourth-order valence-electron chi connectivity index (χ4n) is 3.32. The summed E-state index contributed by atoms with van der Waals surface area (Å²) < 4.78 is 1.78. The number of nitrogens with zero attached hydrogens (tertiary/aromatic N) is 2. The van der Waals surface area contributed by atoms with Crippen molar-refractivity contribution in [1.29, 1.82) is 0 Å². The second-order valence-corrected chi connectivity index (χ2v) is 5.74. The van der Waals surface area contributed by atoms with Crippen LogP contribution >= 0.6 is 0 Å². The van der Waals surface area contributed by atoms with Gasteiger partial charge < -0.3 is 5.11 Å². The van der Waals surface area contributed by atoms with Crippen molar-refractivity contribution in [1.82, 2.24) is 9.78 Å². The Morgan fingerprint density at radius 2 is 1.74 bits per heavy atom. The smallest absolute Gasteiger partial charge is 0.356 e. The molecule has 0 amide bonds. The third-order valence-corrected chi connectivity index (χ3v) is 4.33. The van der Waals surface area contributed by atoms with E-state index in [9.17, 15) is 9.90 Å². The summed E-state index contributed by atoms with van der Waals surface area (Å²) >= 11 is 0. The number of aromatic carboxylic acids is 1. The van der Waals surface area contributed by atoms with Crippen molar-refractivity contribution >= 4 is 5.97 Å². The van der Waals surface area contributed by atoms with Crippen molar-refractivity contribution in [3.8, 4) is 16.9 Å². The second-order valence-electron chi connectivity index (χ2n) is 5.74. The highest BCUT2D eigenvalue weighted by molar-refractivity contribution is 5.90. The fraction of sp³-hybridized carbons (Fsp3) is 0.158. The van der Waals surface area contributed by atoms with Crippen LogP contribution in [0.2, 0.25) is 0 Å². The van der Waals surface area contributed by atoms with E-state index in [4.69, 9.17) is 0 Å². The Morgan fingerprint density at radius 3 is 2.52 bits per heavy atom. The zero-order chi connectivity index (χ0) is 15.8. The van der Waals surface area contributed by atoms with E-state index in [1.165, 1.54) is 5.56 Å². The van der Waals surface area contributed by atoms with Gasteiger partial charge in [0.1, 0.15) is 0 Å². The average Bonchev–Trinajstić information content (AvgIpc) is 2.86. The first-order chi connectivity index (χ1) is 11.3. The van der Waals surface area contributed by atoms with Crippen LogP contribution in [0.3, 0.4) is 0 Å². The van der Waals surface area contributed by atoms with Crippen molar-refractivity contribution in [3.63, 3.8) is 0 Å². The number of aromatic nitrogens is 2. The molecule has 0 saturated carbocycles.